The Balaban J connectivity index is 2.16. The van der Waals surface area contributed by atoms with Gasteiger partial charge in [-0.05, 0) is 37.0 Å². The van der Waals surface area contributed by atoms with Crippen LogP contribution in [0.15, 0.2) is 29.3 Å². The van der Waals surface area contributed by atoms with Gasteiger partial charge in [-0.2, -0.15) is 0 Å². The molecule has 5 heteroatoms. The summed E-state index contributed by atoms with van der Waals surface area (Å²) in [6, 6.07) is 6.73. The summed E-state index contributed by atoms with van der Waals surface area (Å²) in [6.45, 7) is 6.33. The van der Waals surface area contributed by atoms with Crippen LogP contribution in [-0.4, -0.2) is 27.4 Å². The van der Waals surface area contributed by atoms with Crippen LogP contribution >= 0.6 is 0 Å². The molecule has 0 spiro atoms. The Morgan fingerprint density at radius 2 is 1.95 bits per heavy atom. The predicted octanol–water partition coefficient (Wildman–Crippen LogP) is 1.85. The van der Waals surface area contributed by atoms with Gasteiger partial charge >= 0.3 is 0 Å². The fourth-order valence-corrected chi connectivity index (χ4v) is 2.62. The Kier molecular flexibility index (Phi) is 3.70. The number of rotatable bonds is 4. The third-order valence-electron chi connectivity index (χ3n) is 3.43. The lowest BCUT2D eigenvalue weighted by molar-refractivity contribution is -0.131. The molecule has 20 heavy (non-hydrogen) atoms. The topological polar surface area (TPSA) is 78.9 Å². The minimum Gasteiger partial charge on any atom is -0.508 e. The molecule has 0 saturated carbocycles. The standard InChI is InChI=1S/C15H21N3O2/c1-10(2)8-15(3)13(20)18(14(16)17-15)9-11-4-6-12(19)7-5-11/h4-7,10,19H,8-9H2,1-3H3,(H2,16,17). The fourth-order valence-electron chi connectivity index (χ4n) is 2.62. The van der Waals surface area contributed by atoms with Crippen molar-refractivity contribution in [3.63, 3.8) is 0 Å². The molecule has 108 valence electrons. The first-order valence-corrected chi connectivity index (χ1v) is 6.77. The summed E-state index contributed by atoms with van der Waals surface area (Å²) in [6.07, 6.45) is 0.679. The largest absolute Gasteiger partial charge is 0.508 e. The molecule has 1 aromatic rings. The van der Waals surface area contributed by atoms with E-state index in [1.165, 1.54) is 4.90 Å². The maximum Gasteiger partial charge on any atom is 0.257 e. The lowest BCUT2D eigenvalue weighted by Crippen LogP contribution is -2.42. The number of amides is 1. The van der Waals surface area contributed by atoms with E-state index in [2.05, 4.69) is 18.8 Å². The summed E-state index contributed by atoms with van der Waals surface area (Å²) in [4.78, 5) is 18.4. The molecule has 0 aliphatic carbocycles. The third-order valence-corrected chi connectivity index (χ3v) is 3.43. The summed E-state index contributed by atoms with van der Waals surface area (Å²) in [7, 11) is 0. The third kappa shape index (κ3) is 2.76. The number of aromatic hydroxyl groups is 1. The van der Waals surface area contributed by atoms with Crippen molar-refractivity contribution >= 4 is 11.9 Å². The van der Waals surface area contributed by atoms with E-state index in [0.717, 1.165) is 5.56 Å². The van der Waals surface area contributed by atoms with Gasteiger partial charge in [-0.3, -0.25) is 9.69 Å². The van der Waals surface area contributed by atoms with Crippen LogP contribution in [0.2, 0.25) is 0 Å². The molecule has 1 heterocycles. The van der Waals surface area contributed by atoms with E-state index >= 15 is 0 Å². The molecule has 1 unspecified atom stereocenters. The zero-order chi connectivity index (χ0) is 14.9. The number of aliphatic imine (C=N–C) groups is 1. The van der Waals surface area contributed by atoms with Crippen LogP contribution in [0.4, 0.5) is 0 Å². The van der Waals surface area contributed by atoms with Gasteiger partial charge in [0.15, 0.2) is 5.96 Å². The van der Waals surface area contributed by atoms with E-state index in [1.807, 2.05) is 6.92 Å². The highest BCUT2D eigenvalue weighted by Gasteiger charge is 2.43. The highest BCUT2D eigenvalue weighted by Crippen LogP contribution is 2.29. The Labute approximate surface area is 119 Å². The number of benzene rings is 1. The van der Waals surface area contributed by atoms with Crippen LogP contribution < -0.4 is 5.73 Å². The van der Waals surface area contributed by atoms with Gasteiger partial charge in [-0.15, -0.1) is 0 Å². The van der Waals surface area contributed by atoms with Crippen LogP contribution in [0.5, 0.6) is 5.75 Å². The first-order chi connectivity index (χ1) is 9.32. The van der Waals surface area contributed by atoms with Crippen molar-refractivity contribution < 1.29 is 9.90 Å². The monoisotopic (exact) mass is 275 g/mol. The molecular weight excluding hydrogens is 254 g/mol. The SMILES string of the molecule is CC(C)CC1(C)N=C(N)N(Cc2ccc(O)cc2)C1=O. The van der Waals surface area contributed by atoms with E-state index in [-0.39, 0.29) is 17.6 Å². The van der Waals surface area contributed by atoms with Gasteiger partial charge in [0, 0.05) is 0 Å². The Morgan fingerprint density at radius 3 is 2.50 bits per heavy atom. The minimum absolute atomic E-state index is 0.0585. The molecule has 5 nitrogen and oxygen atoms in total. The second kappa shape index (κ2) is 5.15. The summed E-state index contributed by atoms with van der Waals surface area (Å²) in [5.41, 5.74) is 6.06. The van der Waals surface area contributed by atoms with Crippen LogP contribution in [0.3, 0.4) is 0 Å². The van der Waals surface area contributed by atoms with Gasteiger partial charge in [0.05, 0.1) is 6.54 Å². The van der Waals surface area contributed by atoms with Crippen molar-refractivity contribution in [2.45, 2.75) is 39.3 Å². The normalized spacial score (nSPS) is 22.5. The molecule has 0 saturated heterocycles. The zero-order valence-electron chi connectivity index (χ0n) is 12.1. The fraction of sp³-hybridized carbons (Fsp3) is 0.467. The summed E-state index contributed by atoms with van der Waals surface area (Å²) in [5, 5.41) is 9.27. The maximum atomic E-state index is 12.5. The molecule has 0 radical (unpaired) electrons. The van der Waals surface area contributed by atoms with Crippen LogP contribution in [0.25, 0.3) is 0 Å². The number of nitrogens with zero attached hydrogens (tertiary/aromatic N) is 2. The van der Waals surface area contributed by atoms with Gasteiger partial charge in [0.25, 0.3) is 5.91 Å². The average Bonchev–Trinajstić information content (AvgIpc) is 2.54. The molecular formula is C15H21N3O2. The molecule has 1 aliphatic heterocycles. The average molecular weight is 275 g/mol. The summed E-state index contributed by atoms with van der Waals surface area (Å²) in [5.74, 6) is 0.782. The van der Waals surface area contributed by atoms with Crippen molar-refractivity contribution in [3.05, 3.63) is 29.8 Å². The lowest BCUT2D eigenvalue weighted by Gasteiger charge is -2.23. The molecule has 0 aromatic heterocycles. The predicted molar refractivity (Wildman–Crippen MR) is 78.1 cm³/mol. The molecule has 3 N–H and O–H groups in total. The first-order valence-electron chi connectivity index (χ1n) is 6.77. The van der Waals surface area contributed by atoms with Gasteiger partial charge in [0.1, 0.15) is 11.3 Å². The quantitative estimate of drug-likeness (QED) is 0.880. The minimum atomic E-state index is -0.755. The second-order valence-electron chi connectivity index (χ2n) is 5.90. The maximum absolute atomic E-state index is 12.5. The molecule has 1 amide bonds. The van der Waals surface area contributed by atoms with Crippen LogP contribution in [0.1, 0.15) is 32.8 Å². The molecule has 0 fully saturated rings. The number of carbonyl (C=O) groups is 1. The highest BCUT2D eigenvalue weighted by atomic mass is 16.3. The Morgan fingerprint density at radius 1 is 1.35 bits per heavy atom. The molecule has 2 rings (SSSR count). The Hall–Kier alpha value is -2.04. The smallest absolute Gasteiger partial charge is 0.257 e. The second-order valence-corrected chi connectivity index (χ2v) is 5.90. The molecule has 1 aromatic carbocycles. The molecule has 1 atom stereocenters. The van der Waals surface area contributed by atoms with Gasteiger partial charge in [0.2, 0.25) is 0 Å². The number of guanidine groups is 1. The van der Waals surface area contributed by atoms with Crippen molar-refractivity contribution in [1.82, 2.24) is 4.90 Å². The van der Waals surface area contributed by atoms with Crippen molar-refractivity contribution in [1.29, 1.82) is 0 Å². The van der Waals surface area contributed by atoms with Crippen LogP contribution in [-0.2, 0) is 11.3 Å². The van der Waals surface area contributed by atoms with E-state index < -0.39 is 5.54 Å². The van der Waals surface area contributed by atoms with E-state index in [4.69, 9.17) is 5.73 Å². The van der Waals surface area contributed by atoms with Crippen LogP contribution in [0, 0.1) is 5.92 Å². The first kappa shape index (κ1) is 14.4. The number of phenolic OH excluding ortho intramolecular Hbond substituents is 1. The van der Waals surface area contributed by atoms with Gasteiger partial charge in [-0.1, -0.05) is 26.0 Å². The number of hydrogen-bond donors (Lipinski definition) is 2. The Bertz CT molecular complexity index is 537. The van der Waals surface area contributed by atoms with E-state index in [1.54, 1.807) is 24.3 Å². The summed E-state index contributed by atoms with van der Waals surface area (Å²) >= 11 is 0. The molecule has 1 aliphatic rings. The van der Waals surface area contributed by atoms with Crippen molar-refractivity contribution in [3.8, 4) is 5.75 Å². The van der Waals surface area contributed by atoms with E-state index in [9.17, 15) is 9.90 Å². The van der Waals surface area contributed by atoms with Gasteiger partial charge in [-0.25, -0.2) is 4.99 Å². The van der Waals surface area contributed by atoms with Crippen molar-refractivity contribution in [2.75, 3.05) is 0 Å². The lowest BCUT2D eigenvalue weighted by atomic mass is 9.91. The van der Waals surface area contributed by atoms with Gasteiger partial charge < -0.3 is 10.8 Å². The number of phenols is 1. The number of nitrogens with two attached hydrogens (primary N) is 1. The number of carbonyl (C=O) groups excluding carboxylic acids is 1. The zero-order valence-corrected chi connectivity index (χ0v) is 12.1. The van der Waals surface area contributed by atoms with Crippen molar-refractivity contribution in [2.24, 2.45) is 16.6 Å². The van der Waals surface area contributed by atoms with E-state index in [0.29, 0.717) is 18.9 Å². The summed E-state index contributed by atoms with van der Waals surface area (Å²) < 4.78 is 0. The highest BCUT2D eigenvalue weighted by molar-refractivity contribution is 6.06. The molecule has 0 bridgehead atoms. The number of hydrogen-bond acceptors (Lipinski definition) is 4.